The smallest absolute Gasteiger partial charge is 0.122 e. The standard InChI is InChI=1S/C15H22O2S/c1-11(16)9-14-10-13(3-4-15(14)17-2)12-5-7-18-8-6-12/h3-4,10-12,16H,5-9H2,1-2H3. The summed E-state index contributed by atoms with van der Waals surface area (Å²) in [6, 6.07) is 6.46. The Morgan fingerprint density at radius 2 is 2.11 bits per heavy atom. The Morgan fingerprint density at radius 3 is 2.72 bits per heavy atom. The van der Waals surface area contributed by atoms with Gasteiger partial charge in [0.2, 0.25) is 0 Å². The van der Waals surface area contributed by atoms with E-state index in [2.05, 4.69) is 30.0 Å². The first kappa shape index (κ1) is 13.8. The molecule has 3 heteroatoms. The minimum atomic E-state index is -0.323. The Labute approximate surface area is 114 Å². The van der Waals surface area contributed by atoms with Gasteiger partial charge in [0.25, 0.3) is 0 Å². The molecule has 1 aromatic carbocycles. The van der Waals surface area contributed by atoms with E-state index in [9.17, 15) is 5.11 Å². The molecule has 1 aliphatic rings. The Bertz CT molecular complexity index is 384. The van der Waals surface area contributed by atoms with Crippen LogP contribution >= 0.6 is 11.8 Å². The first-order chi connectivity index (χ1) is 8.70. The van der Waals surface area contributed by atoms with Gasteiger partial charge in [-0.05, 0) is 54.4 Å². The second kappa shape index (κ2) is 6.48. The lowest BCUT2D eigenvalue weighted by Gasteiger charge is -2.23. The van der Waals surface area contributed by atoms with Gasteiger partial charge >= 0.3 is 0 Å². The van der Waals surface area contributed by atoms with Crippen molar-refractivity contribution < 1.29 is 9.84 Å². The highest BCUT2D eigenvalue weighted by molar-refractivity contribution is 7.99. The van der Waals surface area contributed by atoms with Crippen LogP contribution in [0.25, 0.3) is 0 Å². The van der Waals surface area contributed by atoms with Crippen molar-refractivity contribution in [3.63, 3.8) is 0 Å². The molecule has 0 aromatic heterocycles. The SMILES string of the molecule is COc1ccc(C2CCSCC2)cc1CC(C)O. The zero-order valence-electron chi connectivity index (χ0n) is 11.2. The van der Waals surface area contributed by atoms with Gasteiger partial charge in [0.15, 0.2) is 0 Å². The third kappa shape index (κ3) is 3.42. The van der Waals surface area contributed by atoms with Crippen LogP contribution in [0.15, 0.2) is 18.2 Å². The molecule has 18 heavy (non-hydrogen) atoms. The summed E-state index contributed by atoms with van der Waals surface area (Å²) in [5, 5.41) is 9.57. The van der Waals surface area contributed by atoms with Crippen molar-refractivity contribution in [1.29, 1.82) is 0 Å². The zero-order chi connectivity index (χ0) is 13.0. The second-order valence-electron chi connectivity index (χ2n) is 5.01. The summed E-state index contributed by atoms with van der Waals surface area (Å²) in [7, 11) is 1.69. The molecular formula is C15H22O2S. The van der Waals surface area contributed by atoms with E-state index >= 15 is 0 Å². The third-order valence-electron chi connectivity index (χ3n) is 3.51. The minimum absolute atomic E-state index is 0.323. The van der Waals surface area contributed by atoms with Gasteiger partial charge in [-0.2, -0.15) is 11.8 Å². The van der Waals surface area contributed by atoms with E-state index in [-0.39, 0.29) is 6.10 Å². The molecule has 1 aliphatic heterocycles. The molecule has 0 saturated carbocycles. The van der Waals surface area contributed by atoms with Crippen LogP contribution in [0, 0.1) is 0 Å². The molecule has 0 amide bonds. The predicted octanol–water partition coefficient (Wildman–Crippen LogP) is 3.23. The van der Waals surface area contributed by atoms with Gasteiger partial charge in [-0.3, -0.25) is 0 Å². The van der Waals surface area contributed by atoms with Crippen molar-refractivity contribution in [2.45, 2.75) is 38.2 Å². The summed E-state index contributed by atoms with van der Waals surface area (Å²) in [6.45, 7) is 1.82. The molecule has 0 spiro atoms. The van der Waals surface area contributed by atoms with Crippen LogP contribution in [0.5, 0.6) is 5.75 Å². The fourth-order valence-electron chi connectivity index (χ4n) is 2.56. The Hall–Kier alpha value is -0.670. The topological polar surface area (TPSA) is 29.5 Å². The van der Waals surface area contributed by atoms with Gasteiger partial charge in [-0.1, -0.05) is 12.1 Å². The minimum Gasteiger partial charge on any atom is -0.496 e. The van der Waals surface area contributed by atoms with Crippen LogP contribution in [0.3, 0.4) is 0 Å². The van der Waals surface area contributed by atoms with Crippen LogP contribution < -0.4 is 4.74 Å². The molecule has 2 nitrogen and oxygen atoms in total. The monoisotopic (exact) mass is 266 g/mol. The van der Waals surface area contributed by atoms with E-state index in [0.29, 0.717) is 12.3 Å². The summed E-state index contributed by atoms with van der Waals surface area (Å²) in [5.41, 5.74) is 2.54. The van der Waals surface area contributed by atoms with Crippen molar-refractivity contribution in [2.24, 2.45) is 0 Å². The van der Waals surface area contributed by atoms with Crippen molar-refractivity contribution in [3.8, 4) is 5.75 Å². The Balaban J connectivity index is 2.20. The maximum Gasteiger partial charge on any atom is 0.122 e. The maximum absolute atomic E-state index is 9.57. The number of hydrogen-bond acceptors (Lipinski definition) is 3. The molecule has 0 radical (unpaired) electrons. The van der Waals surface area contributed by atoms with Gasteiger partial charge in [-0.15, -0.1) is 0 Å². The van der Waals surface area contributed by atoms with E-state index in [1.165, 1.54) is 29.9 Å². The molecule has 2 rings (SSSR count). The lowest BCUT2D eigenvalue weighted by molar-refractivity contribution is 0.194. The summed E-state index contributed by atoms with van der Waals surface area (Å²) in [4.78, 5) is 0. The lowest BCUT2D eigenvalue weighted by Crippen LogP contribution is -2.10. The van der Waals surface area contributed by atoms with Gasteiger partial charge in [0.1, 0.15) is 5.75 Å². The van der Waals surface area contributed by atoms with Gasteiger partial charge in [-0.25, -0.2) is 0 Å². The maximum atomic E-state index is 9.57. The largest absolute Gasteiger partial charge is 0.496 e. The molecule has 1 heterocycles. The Kier molecular flexibility index (Phi) is 4.95. The molecular weight excluding hydrogens is 244 g/mol. The molecule has 100 valence electrons. The summed E-state index contributed by atoms with van der Waals surface area (Å²) < 4.78 is 5.37. The average Bonchev–Trinajstić information content (AvgIpc) is 2.39. The Morgan fingerprint density at radius 1 is 1.39 bits per heavy atom. The van der Waals surface area contributed by atoms with Gasteiger partial charge < -0.3 is 9.84 Å². The molecule has 1 saturated heterocycles. The molecule has 1 aromatic rings. The second-order valence-corrected chi connectivity index (χ2v) is 6.24. The molecule has 1 atom stereocenters. The summed E-state index contributed by atoms with van der Waals surface area (Å²) in [5.74, 6) is 4.11. The highest BCUT2D eigenvalue weighted by atomic mass is 32.2. The normalized spacial score (nSPS) is 18.6. The van der Waals surface area contributed by atoms with E-state index in [1.807, 2.05) is 6.92 Å². The molecule has 1 N–H and O–H groups in total. The van der Waals surface area contributed by atoms with E-state index in [1.54, 1.807) is 7.11 Å². The summed E-state index contributed by atoms with van der Waals surface area (Å²) >= 11 is 2.05. The van der Waals surface area contributed by atoms with Crippen LogP contribution in [0.2, 0.25) is 0 Å². The van der Waals surface area contributed by atoms with Crippen molar-refractivity contribution in [2.75, 3.05) is 18.6 Å². The van der Waals surface area contributed by atoms with Crippen LogP contribution in [-0.4, -0.2) is 29.8 Å². The van der Waals surface area contributed by atoms with E-state index < -0.39 is 0 Å². The number of aliphatic hydroxyl groups is 1. The molecule has 0 aliphatic carbocycles. The van der Waals surface area contributed by atoms with E-state index in [0.717, 1.165) is 11.3 Å². The number of rotatable bonds is 4. The van der Waals surface area contributed by atoms with Gasteiger partial charge in [0, 0.05) is 6.42 Å². The molecule has 0 bridgehead atoms. The van der Waals surface area contributed by atoms with Crippen LogP contribution in [-0.2, 0) is 6.42 Å². The number of thioether (sulfide) groups is 1. The fourth-order valence-corrected chi connectivity index (χ4v) is 3.67. The lowest BCUT2D eigenvalue weighted by atomic mass is 9.91. The van der Waals surface area contributed by atoms with Crippen molar-refractivity contribution >= 4 is 11.8 Å². The predicted molar refractivity (Wildman–Crippen MR) is 77.7 cm³/mol. The zero-order valence-corrected chi connectivity index (χ0v) is 12.0. The molecule has 1 unspecified atom stereocenters. The summed E-state index contributed by atoms with van der Waals surface area (Å²) in [6.07, 6.45) is 2.88. The quantitative estimate of drug-likeness (QED) is 0.907. The third-order valence-corrected chi connectivity index (χ3v) is 4.56. The van der Waals surface area contributed by atoms with Crippen molar-refractivity contribution in [3.05, 3.63) is 29.3 Å². The number of aliphatic hydroxyl groups excluding tert-OH is 1. The van der Waals surface area contributed by atoms with E-state index in [4.69, 9.17) is 4.74 Å². The van der Waals surface area contributed by atoms with Crippen LogP contribution in [0.1, 0.15) is 36.8 Å². The number of hydrogen-bond donors (Lipinski definition) is 1. The first-order valence-corrected chi connectivity index (χ1v) is 7.78. The highest BCUT2D eigenvalue weighted by Gasteiger charge is 2.17. The molecule has 1 fully saturated rings. The van der Waals surface area contributed by atoms with Gasteiger partial charge in [0.05, 0.1) is 13.2 Å². The average molecular weight is 266 g/mol. The highest BCUT2D eigenvalue weighted by Crippen LogP contribution is 2.34. The first-order valence-electron chi connectivity index (χ1n) is 6.63. The van der Waals surface area contributed by atoms with Crippen LogP contribution in [0.4, 0.5) is 0 Å². The number of benzene rings is 1. The fraction of sp³-hybridized carbons (Fsp3) is 0.600. The number of methoxy groups -OCH3 is 1. The number of ether oxygens (including phenoxy) is 1. The van der Waals surface area contributed by atoms with Crippen molar-refractivity contribution in [1.82, 2.24) is 0 Å².